The number of alkyl halides is 1. The molecule has 0 radical (unpaired) electrons. The number of hydrogen-bond acceptors (Lipinski definition) is 4. The summed E-state index contributed by atoms with van der Waals surface area (Å²) < 4.78 is 39.9. The van der Waals surface area contributed by atoms with Crippen molar-refractivity contribution >= 4 is 15.8 Å². The minimum atomic E-state index is -3.20. The number of rotatable bonds is 3. The minimum Gasteiger partial charge on any atom is -0.469 e. The van der Waals surface area contributed by atoms with Gasteiger partial charge in [-0.15, -0.1) is 0 Å². The highest BCUT2D eigenvalue weighted by Gasteiger charge is 2.33. The van der Waals surface area contributed by atoms with E-state index in [0.717, 1.165) is 0 Å². The molecule has 0 N–H and O–H groups in total. The Bertz CT molecular complexity index is 325. The first kappa shape index (κ1) is 12.4. The maximum absolute atomic E-state index is 13.4. The SMILES string of the molecule is COC(=O)CCC1CCS(=O)(=O)CC1F. The van der Waals surface area contributed by atoms with Crippen LogP contribution >= 0.6 is 0 Å². The second-order valence-electron chi connectivity index (χ2n) is 3.79. The lowest BCUT2D eigenvalue weighted by atomic mass is 9.95. The number of ether oxygens (including phenoxy) is 1. The van der Waals surface area contributed by atoms with Crippen LogP contribution in [0, 0.1) is 5.92 Å². The Balaban J connectivity index is 2.42. The molecule has 0 aromatic rings. The summed E-state index contributed by atoms with van der Waals surface area (Å²) in [6.45, 7) is 0. The molecule has 1 rings (SSSR count). The van der Waals surface area contributed by atoms with Crippen LogP contribution < -0.4 is 0 Å². The molecule has 0 bridgehead atoms. The van der Waals surface area contributed by atoms with Gasteiger partial charge in [0, 0.05) is 6.42 Å². The van der Waals surface area contributed by atoms with Crippen molar-refractivity contribution in [3.05, 3.63) is 0 Å². The molecule has 0 aromatic carbocycles. The van der Waals surface area contributed by atoms with Crippen LogP contribution in [-0.4, -0.2) is 39.2 Å². The monoisotopic (exact) mass is 238 g/mol. The van der Waals surface area contributed by atoms with Gasteiger partial charge in [0.1, 0.15) is 6.17 Å². The minimum absolute atomic E-state index is 0.0270. The molecular formula is C9H15FO4S. The molecule has 6 heteroatoms. The molecule has 4 nitrogen and oxygen atoms in total. The van der Waals surface area contributed by atoms with Crippen LogP contribution in [0.3, 0.4) is 0 Å². The van der Waals surface area contributed by atoms with E-state index < -0.39 is 21.8 Å². The standard InChI is InChI=1S/C9H15FO4S/c1-14-9(11)3-2-7-4-5-15(12,13)6-8(7)10/h7-8H,2-6H2,1H3. The fourth-order valence-corrected chi connectivity index (χ4v) is 3.29. The summed E-state index contributed by atoms with van der Waals surface area (Å²) in [5.41, 5.74) is 0. The van der Waals surface area contributed by atoms with Crippen LogP contribution in [-0.2, 0) is 19.4 Å². The Morgan fingerprint density at radius 1 is 1.53 bits per heavy atom. The highest BCUT2D eigenvalue weighted by molar-refractivity contribution is 7.91. The summed E-state index contributed by atoms with van der Waals surface area (Å²) in [6, 6.07) is 0. The molecule has 2 unspecified atom stereocenters. The molecule has 1 saturated heterocycles. The van der Waals surface area contributed by atoms with Gasteiger partial charge in [-0.3, -0.25) is 4.79 Å². The Morgan fingerprint density at radius 2 is 2.20 bits per heavy atom. The molecule has 0 aromatic heterocycles. The van der Waals surface area contributed by atoms with Gasteiger partial charge in [-0.1, -0.05) is 0 Å². The van der Waals surface area contributed by atoms with E-state index in [4.69, 9.17) is 0 Å². The summed E-state index contributed by atoms with van der Waals surface area (Å²) >= 11 is 0. The molecule has 15 heavy (non-hydrogen) atoms. The number of carbonyl (C=O) groups excluding carboxylic acids is 1. The van der Waals surface area contributed by atoms with Crippen molar-refractivity contribution in [1.29, 1.82) is 0 Å². The van der Waals surface area contributed by atoms with Crippen molar-refractivity contribution in [3.63, 3.8) is 0 Å². The van der Waals surface area contributed by atoms with Gasteiger partial charge in [-0.25, -0.2) is 12.8 Å². The van der Waals surface area contributed by atoms with Crippen molar-refractivity contribution in [2.24, 2.45) is 5.92 Å². The van der Waals surface area contributed by atoms with E-state index in [1.807, 2.05) is 0 Å². The number of hydrogen-bond donors (Lipinski definition) is 0. The molecule has 1 aliphatic heterocycles. The first-order chi connectivity index (χ1) is 6.94. The third-order valence-electron chi connectivity index (χ3n) is 2.67. The molecule has 88 valence electrons. The maximum Gasteiger partial charge on any atom is 0.305 e. The number of esters is 1. The van der Waals surface area contributed by atoms with Gasteiger partial charge in [0.15, 0.2) is 9.84 Å². The molecule has 1 aliphatic rings. The number of halogens is 1. The van der Waals surface area contributed by atoms with Gasteiger partial charge in [0.2, 0.25) is 0 Å². The summed E-state index contributed by atoms with van der Waals surface area (Å²) in [7, 11) is -1.92. The summed E-state index contributed by atoms with van der Waals surface area (Å²) in [4.78, 5) is 10.8. The van der Waals surface area contributed by atoms with Gasteiger partial charge in [0.25, 0.3) is 0 Å². The van der Waals surface area contributed by atoms with Crippen LogP contribution in [0.25, 0.3) is 0 Å². The summed E-state index contributed by atoms with van der Waals surface area (Å²) in [6.07, 6.45) is -0.515. The Labute approximate surface area is 88.7 Å². The van der Waals surface area contributed by atoms with Crippen molar-refractivity contribution in [2.75, 3.05) is 18.6 Å². The van der Waals surface area contributed by atoms with Crippen molar-refractivity contribution in [1.82, 2.24) is 0 Å². The van der Waals surface area contributed by atoms with Crippen molar-refractivity contribution in [2.45, 2.75) is 25.4 Å². The predicted molar refractivity (Wildman–Crippen MR) is 52.9 cm³/mol. The predicted octanol–water partition coefficient (Wildman–Crippen LogP) is 0.712. The number of sulfone groups is 1. The van der Waals surface area contributed by atoms with Crippen LogP contribution in [0.1, 0.15) is 19.3 Å². The van der Waals surface area contributed by atoms with Crippen molar-refractivity contribution in [3.8, 4) is 0 Å². The maximum atomic E-state index is 13.4. The van der Waals surface area contributed by atoms with Crippen LogP contribution in [0.2, 0.25) is 0 Å². The average Bonchev–Trinajstić information content (AvgIpc) is 2.15. The third-order valence-corrected chi connectivity index (χ3v) is 4.36. The lowest BCUT2D eigenvalue weighted by Crippen LogP contribution is -2.34. The normalized spacial score (nSPS) is 29.7. The van der Waals surface area contributed by atoms with E-state index in [0.29, 0.717) is 12.8 Å². The molecule has 0 aliphatic carbocycles. The van der Waals surface area contributed by atoms with Crippen LogP contribution in [0.4, 0.5) is 4.39 Å². The molecule has 2 atom stereocenters. The molecule has 0 saturated carbocycles. The highest BCUT2D eigenvalue weighted by atomic mass is 32.2. The van der Waals surface area contributed by atoms with Gasteiger partial charge < -0.3 is 4.74 Å². The van der Waals surface area contributed by atoms with Crippen LogP contribution in [0.5, 0.6) is 0 Å². The van der Waals surface area contributed by atoms with E-state index in [1.165, 1.54) is 7.11 Å². The number of carbonyl (C=O) groups is 1. The van der Waals surface area contributed by atoms with Crippen LogP contribution in [0.15, 0.2) is 0 Å². The lowest BCUT2D eigenvalue weighted by molar-refractivity contribution is -0.141. The summed E-state index contributed by atoms with van der Waals surface area (Å²) in [5, 5.41) is 0. The zero-order valence-electron chi connectivity index (χ0n) is 8.61. The van der Waals surface area contributed by atoms with Gasteiger partial charge in [-0.2, -0.15) is 0 Å². The van der Waals surface area contributed by atoms with Gasteiger partial charge >= 0.3 is 5.97 Å². The Kier molecular flexibility index (Phi) is 4.07. The molecule has 0 amide bonds. The first-order valence-electron chi connectivity index (χ1n) is 4.86. The Hall–Kier alpha value is -0.650. The van der Waals surface area contributed by atoms with E-state index in [2.05, 4.69) is 4.74 Å². The first-order valence-corrected chi connectivity index (χ1v) is 6.68. The second kappa shape index (κ2) is 4.92. The Morgan fingerprint density at radius 3 is 2.73 bits per heavy atom. The fraction of sp³-hybridized carbons (Fsp3) is 0.889. The zero-order valence-corrected chi connectivity index (χ0v) is 9.43. The van der Waals surface area contributed by atoms with Crippen molar-refractivity contribution < 1.29 is 22.3 Å². The number of methoxy groups -OCH3 is 1. The topological polar surface area (TPSA) is 60.4 Å². The lowest BCUT2D eigenvalue weighted by Gasteiger charge is -2.25. The highest BCUT2D eigenvalue weighted by Crippen LogP contribution is 2.26. The molecule has 1 fully saturated rings. The van der Waals surface area contributed by atoms with E-state index in [9.17, 15) is 17.6 Å². The largest absolute Gasteiger partial charge is 0.469 e. The van der Waals surface area contributed by atoms with E-state index in [-0.39, 0.29) is 24.1 Å². The average molecular weight is 238 g/mol. The van der Waals surface area contributed by atoms with Gasteiger partial charge in [-0.05, 0) is 18.8 Å². The zero-order chi connectivity index (χ0) is 11.5. The summed E-state index contributed by atoms with van der Waals surface area (Å²) in [5.74, 6) is -1.08. The second-order valence-corrected chi connectivity index (χ2v) is 6.02. The molecular weight excluding hydrogens is 223 g/mol. The molecule has 1 heterocycles. The fourth-order valence-electron chi connectivity index (χ4n) is 1.70. The third kappa shape index (κ3) is 3.77. The quantitative estimate of drug-likeness (QED) is 0.679. The smallest absolute Gasteiger partial charge is 0.305 e. The van der Waals surface area contributed by atoms with Gasteiger partial charge in [0.05, 0.1) is 18.6 Å². The van der Waals surface area contributed by atoms with E-state index in [1.54, 1.807) is 0 Å². The van der Waals surface area contributed by atoms with E-state index >= 15 is 0 Å². The molecule has 0 spiro atoms.